The van der Waals surface area contributed by atoms with E-state index in [4.69, 9.17) is 10.8 Å². The summed E-state index contributed by atoms with van der Waals surface area (Å²) in [4.78, 5) is 35.5. The minimum Gasteiger partial charge on any atom is -0.469 e. The molecule has 0 aromatic carbocycles. The van der Waals surface area contributed by atoms with Crippen molar-refractivity contribution in [2.45, 2.75) is 78.9 Å². The number of hydrogen-bond donors (Lipinski definition) is 2. The molecule has 1 spiro atoms. The summed E-state index contributed by atoms with van der Waals surface area (Å²) in [6.45, 7) is 13.0. The molecule has 4 aliphatic rings. The Hall–Kier alpha value is -1.53. The minimum absolute atomic E-state index is 0.0111. The van der Waals surface area contributed by atoms with E-state index in [0.29, 0.717) is 30.0 Å². The summed E-state index contributed by atoms with van der Waals surface area (Å²) in [6, 6.07) is 0. The molecule has 4 fully saturated rings. The number of carbonyl (C=O) groups is 3. The van der Waals surface area contributed by atoms with Gasteiger partial charge in [0.05, 0.1) is 7.11 Å². The van der Waals surface area contributed by atoms with E-state index in [1.54, 1.807) is 0 Å². The molecule has 3 N–H and O–H groups in total. The molecule has 0 heterocycles. The molecule has 0 radical (unpaired) electrons. The van der Waals surface area contributed by atoms with E-state index in [9.17, 15) is 14.4 Å². The quantitative estimate of drug-likeness (QED) is 0.342. The van der Waals surface area contributed by atoms with Gasteiger partial charge >= 0.3 is 5.97 Å². The maximum Gasteiger partial charge on any atom is 0.302 e. The van der Waals surface area contributed by atoms with Crippen molar-refractivity contribution in [3.8, 4) is 0 Å². The number of aliphatic hydroxyl groups is 1. The zero-order valence-corrected chi connectivity index (χ0v) is 20.1. The van der Waals surface area contributed by atoms with Crippen LogP contribution in [0.2, 0.25) is 0 Å². The maximum absolute atomic E-state index is 13.0. The third-order valence-electron chi connectivity index (χ3n) is 7.99. The van der Waals surface area contributed by atoms with Crippen molar-refractivity contribution in [3.63, 3.8) is 0 Å². The van der Waals surface area contributed by atoms with Crippen LogP contribution in [0.5, 0.6) is 0 Å². The van der Waals surface area contributed by atoms with E-state index >= 15 is 0 Å². The highest BCUT2D eigenvalue weighted by Crippen LogP contribution is 2.66. The number of allylic oxidation sites excluding steroid dienone is 1. The van der Waals surface area contributed by atoms with Crippen molar-refractivity contribution in [2.75, 3.05) is 7.11 Å². The van der Waals surface area contributed by atoms with Crippen molar-refractivity contribution in [1.29, 1.82) is 0 Å². The first kappa shape index (κ1) is 25.7. The summed E-state index contributed by atoms with van der Waals surface area (Å²) in [5.41, 5.74) is 4.31. The van der Waals surface area contributed by atoms with Crippen LogP contribution in [0.15, 0.2) is 12.2 Å². The zero-order chi connectivity index (χ0) is 23.7. The molecule has 176 valence electrons. The fourth-order valence-corrected chi connectivity index (χ4v) is 6.65. The summed E-state index contributed by atoms with van der Waals surface area (Å²) in [5, 5.41) is 8.30. The topological polar surface area (TPSA) is 107 Å². The van der Waals surface area contributed by atoms with Gasteiger partial charge in [0.2, 0.25) is 0 Å². The van der Waals surface area contributed by atoms with E-state index in [1.807, 2.05) is 0 Å². The Balaban J connectivity index is 0.000000289. The van der Waals surface area contributed by atoms with Crippen LogP contribution >= 0.6 is 0 Å². The van der Waals surface area contributed by atoms with Crippen LogP contribution in [0.25, 0.3) is 0 Å². The number of methoxy groups -OCH3 is 1. The Morgan fingerprint density at radius 3 is 2.26 bits per heavy atom. The zero-order valence-electron chi connectivity index (χ0n) is 20.1. The third kappa shape index (κ3) is 5.11. The Bertz CT molecular complexity index is 718. The lowest BCUT2D eigenvalue weighted by Gasteiger charge is -2.55. The number of ketones is 2. The van der Waals surface area contributed by atoms with Gasteiger partial charge in [-0.3, -0.25) is 14.4 Å². The molecule has 0 aromatic rings. The molecule has 4 saturated carbocycles. The predicted octanol–water partition coefficient (Wildman–Crippen LogP) is 3.65. The van der Waals surface area contributed by atoms with E-state index in [1.165, 1.54) is 40.7 Å². The second-order valence-electron chi connectivity index (χ2n) is 10.6. The lowest BCUT2D eigenvalue weighted by Crippen LogP contribution is -2.56. The number of rotatable bonds is 0. The molecule has 2 bridgehead atoms. The lowest BCUT2D eigenvalue weighted by atomic mass is 9.47. The fourth-order valence-electron chi connectivity index (χ4n) is 6.65. The van der Waals surface area contributed by atoms with Crippen LogP contribution in [0.4, 0.5) is 0 Å². The molecular weight excluding hydrogens is 394 g/mol. The molecule has 0 aliphatic heterocycles. The molecule has 4 aliphatic carbocycles. The maximum atomic E-state index is 13.0. The van der Waals surface area contributed by atoms with Crippen LogP contribution in [0, 0.1) is 40.9 Å². The number of fused-ring (bicyclic) bond motifs is 3. The molecule has 6 nitrogen and oxygen atoms in total. The van der Waals surface area contributed by atoms with Crippen LogP contribution in [0.1, 0.15) is 73.1 Å². The van der Waals surface area contributed by atoms with Crippen LogP contribution in [0.3, 0.4) is 0 Å². The smallest absolute Gasteiger partial charge is 0.302 e. The van der Waals surface area contributed by atoms with Gasteiger partial charge in [-0.1, -0.05) is 33.3 Å². The monoisotopic (exact) mass is 435 g/mol. The van der Waals surface area contributed by atoms with Gasteiger partial charge < -0.3 is 15.6 Å². The van der Waals surface area contributed by atoms with E-state index in [0.717, 1.165) is 30.8 Å². The third-order valence-corrected chi connectivity index (χ3v) is 7.99. The number of nitrogens with two attached hydrogens (primary N) is 1. The largest absolute Gasteiger partial charge is 0.469 e. The number of esters is 1. The first-order chi connectivity index (χ1) is 14.3. The minimum atomic E-state index is -1.00. The molecule has 0 saturated heterocycles. The summed E-state index contributed by atoms with van der Waals surface area (Å²) < 4.78 is 4.11. The molecule has 6 heteroatoms. The first-order valence-corrected chi connectivity index (χ1v) is 11.6. The van der Waals surface area contributed by atoms with Gasteiger partial charge in [0.15, 0.2) is 5.78 Å². The van der Waals surface area contributed by atoms with E-state index in [2.05, 4.69) is 25.2 Å². The van der Waals surface area contributed by atoms with Crippen LogP contribution < -0.4 is 5.73 Å². The molecule has 4 rings (SSSR count). The number of hydrogen-bond acceptors (Lipinski definition) is 6. The van der Waals surface area contributed by atoms with Crippen molar-refractivity contribution in [2.24, 2.45) is 46.7 Å². The van der Waals surface area contributed by atoms with Gasteiger partial charge in [-0.2, -0.15) is 0 Å². The molecular formula is C25H41NO5. The molecule has 0 aromatic heterocycles. The standard InChI is InChI=1S/C19H26O2.C3H9NO.C3H6O2/c1-10-5-4-6-14-13(10)7-8-19-12(3)15(11(2)18(19)21)9-16(20)17(14)19;1-3(2,4)5;1-3(4)5-2/h10,12-15,17H,2,4-9H2,1,3H3;5H,4H2,1-2H3;1-2H3/t10-,12?,13+,14?,15-,17+,19+;;/m0../s1. The van der Waals surface area contributed by atoms with Gasteiger partial charge in [-0.05, 0) is 68.3 Å². The van der Waals surface area contributed by atoms with Gasteiger partial charge in [-0.25, -0.2) is 0 Å². The Morgan fingerprint density at radius 2 is 1.74 bits per heavy atom. The number of ether oxygens (including phenoxy) is 1. The number of Topliss-reactive ketones (excluding diaryl/α,β-unsaturated/α-hetero) is 2. The highest BCUT2D eigenvalue weighted by Gasteiger charge is 2.67. The summed E-state index contributed by atoms with van der Waals surface area (Å²) in [6.07, 6.45) is 6.35. The molecule has 7 atom stereocenters. The average Bonchev–Trinajstić information content (AvgIpc) is 2.78. The predicted molar refractivity (Wildman–Crippen MR) is 120 cm³/mol. The van der Waals surface area contributed by atoms with Crippen molar-refractivity contribution < 1.29 is 24.2 Å². The lowest BCUT2D eigenvalue weighted by molar-refractivity contribution is -0.157. The van der Waals surface area contributed by atoms with Crippen molar-refractivity contribution >= 4 is 17.5 Å². The second kappa shape index (κ2) is 9.53. The van der Waals surface area contributed by atoms with E-state index < -0.39 is 5.72 Å². The van der Waals surface area contributed by atoms with Crippen LogP contribution in [-0.2, 0) is 19.1 Å². The summed E-state index contributed by atoms with van der Waals surface area (Å²) >= 11 is 0. The SMILES string of the molecule is C=C1C(=O)[C@@]23CC[C@H]4C(CCC[C@@H]4C)[C@@H]2C(=O)C[C@@H]1C3C.CC(C)(N)O.COC(C)=O. The van der Waals surface area contributed by atoms with E-state index in [-0.39, 0.29) is 29.0 Å². The average molecular weight is 436 g/mol. The summed E-state index contributed by atoms with van der Waals surface area (Å²) in [7, 11) is 1.35. The first-order valence-electron chi connectivity index (χ1n) is 11.6. The van der Waals surface area contributed by atoms with Gasteiger partial charge in [0.1, 0.15) is 11.5 Å². The van der Waals surface area contributed by atoms with Crippen molar-refractivity contribution in [1.82, 2.24) is 0 Å². The highest BCUT2D eigenvalue weighted by atomic mass is 16.5. The van der Waals surface area contributed by atoms with Crippen molar-refractivity contribution in [3.05, 3.63) is 12.2 Å². The highest BCUT2D eigenvalue weighted by molar-refractivity contribution is 6.08. The van der Waals surface area contributed by atoms with Crippen LogP contribution in [-0.4, -0.2) is 35.5 Å². The number of carbonyl (C=O) groups excluding carboxylic acids is 3. The van der Waals surface area contributed by atoms with Gasteiger partial charge in [-0.15, -0.1) is 0 Å². The Kier molecular flexibility index (Phi) is 7.91. The molecule has 31 heavy (non-hydrogen) atoms. The Labute approximate surface area is 187 Å². The summed E-state index contributed by atoms with van der Waals surface area (Å²) in [5.74, 6) is 2.74. The Morgan fingerprint density at radius 1 is 1.19 bits per heavy atom. The normalized spacial score (nSPS) is 38.6. The molecule has 0 amide bonds. The second-order valence-corrected chi connectivity index (χ2v) is 10.6. The molecule has 2 unspecified atom stereocenters. The fraction of sp³-hybridized carbons (Fsp3) is 0.800. The van der Waals surface area contributed by atoms with Gasteiger partial charge in [0, 0.05) is 24.7 Å². The van der Waals surface area contributed by atoms with Gasteiger partial charge in [0.25, 0.3) is 0 Å².